The number of nitrogens with zero attached hydrogens (tertiary/aromatic N) is 3. The molecule has 0 radical (unpaired) electrons. The predicted molar refractivity (Wildman–Crippen MR) is 145 cm³/mol. The number of carbonyl (C=O) groups excluding carboxylic acids is 1. The molecule has 0 bridgehead atoms. The molecule has 192 valence electrons. The van der Waals surface area contributed by atoms with E-state index in [2.05, 4.69) is 26.0 Å². The van der Waals surface area contributed by atoms with Crippen LogP contribution in [0.2, 0.25) is 0 Å². The van der Waals surface area contributed by atoms with Gasteiger partial charge in [0, 0.05) is 19.2 Å². The molecule has 4 rings (SSSR count). The summed E-state index contributed by atoms with van der Waals surface area (Å²) in [5.41, 5.74) is 6.44. The standard InChI is InChI=1S/C30H33N3O4/c1-20-7-9-23(17-21(20)2)26-19-27(33(31-26)24-10-12-25(35-4)13-11-24)30(34)32(3)16-15-22-8-14-28(36-5)29(18-22)37-6/h7-14,17-19H,15-16H2,1-6H3. The molecule has 0 aliphatic rings. The third-order valence-corrected chi connectivity index (χ3v) is 6.58. The first-order valence-electron chi connectivity index (χ1n) is 12.1. The molecule has 0 saturated heterocycles. The highest BCUT2D eigenvalue weighted by molar-refractivity contribution is 5.94. The third kappa shape index (κ3) is 5.61. The first kappa shape index (κ1) is 25.8. The van der Waals surface area contributed by atoms with Crippen LogP contribution < -0.4 is 14.2 Å². The van der Waals surface area contributed by atoms with Crippen LogP contribution in [0.3, 0.4) is 0 Å². The van der Waals surface area contributed by atoms with Gasteiger partial charge in [0.05, 0.1) is 32.7 Å². The summed E-state index contributed by atoms with van der Waals surface area (Å²) in [6.45, 7) is 4.69. The molecule has 37 heavy (non-hydrogen) atoms. The summed E-state index contributed by atoms with van der Waals surface area (Å²) < 4.78 is 17.8. The van der Waals surface area contributed by atoms with Crippen molar-refractivity contribution in [1.82, 2.24) is 14.7 Å². The summed E-state index contributed by atoms with van der Waals surface area (Å²) in [6, 6.07) is 21.4. The van der Waals surface area contributed by atoms with E-state index in [0.717, 1.165) is 28.3 Å². The van der Waals surface area contributed by atoms with Crippen molar-refractivity contribution in [3.63, 3.8) is 0 Å². The molecule has 3 aromatic carbocycles. The van der Waals surface area contributed by atoms with E-state index in [0.29, 0.717) is 30.2 Å². The van der Waals surface area contributed by atoms with Crippen molar-refractivity contribution in [2.75, 3.05) is 34.9 Å². The molecule has 0 atom stereocenters. The Hall–Kier alpha value is -4.26. The van der Waals surface area contributed by atoms with E-state index < -0.39 is 0 Å². The number of aryl methyl sites for hydroxylation is 2. The number of ether oxygens (including phenoxy) is 3. The van der Waals surface area contributed by atoms with Gasteiger partial charge in [0.1, 0.15) is 11.4 Å². The van der Waals surface area contributed by atoms with E-state index in [9.17, 15) is 4.79 Å². The van der Waals surface area contributed by atoms with Gasteiger partial charge in [0.2, 0.25) is 0 Å². The number of rotatable bonds is 9. The van der Waals surface area contributed by atoms with Crippen molar-refractivity contribution in [3.05, 3.63) is 89.1 Å². The number of benzene rings is 3. The van der Waals surface area contributed by atoms with Gasteiger partial charge in [-0.25, -0.2) is 4.68 Å². The summed E-state index contributed by atoms with van der Waals surface area (Å²) in [4.78, 5) is 15.4. The Morgan fingerprint density at radius 1 is 0.838 bits per heavy atom. The maximum Gasteiger partial charge on any atom is 0.272 e. The van der Waals surface area contributed by atoms with Crippen molar-refractivity contribution >= 4 is 5.91 Å². The fourth-order valence-electron chi connectivity index (χ4n) is 4.13. The van der Waals surface area contributed by atoms with Crippen LogP contribution in [-0.4, -0.2) is 55.5 Å². The molecule has 0 unspecified atom stereocenters. The quantitative estimate of drug-likeness (QED) is 0.304. The van der Waals surface area contributed by atoms with Gasteiger partial charge < -0.3 is 19.1 Å². The Balaban J connectivity index is 1.63. The van der Waals surface area contributed by atoms with Crippen molar-refractivity contribution in [2.24, 2.45) is 0 Å². The van der Waals surface area contributed by atoms with Crippen LogP contribution in [0, 0.1) is 13.8 Å². The zero-order chi connectivity index (χ0) is 26.5. The summed E-state index contributed by atoms with van der Waals surface area (Å²) in [5.74, 6) is 1.98. The van der Waals surface area contributed by atoms with Crippen LogP contribution in [0.5, 0.6) is 17.2 Å². The zero-order valence-electron chi connectivity index (χ0n) is 22.2. The van der Waals surface area contributed by atoms with Crippen molar-refractivity contribution in [2.45, 2.75) is 20.3 Å². The van der Waals surface area contributed by atoms with Crippen LogP contribution in [0.4, 0.5) is 0 Å². The molecule has 4 aromatic rings. The van der Waals surface area contributed by atoms with Gasteiger partial charge in [-0.15, -0.1) is 0 Å². The first-order valence-corrected chi connectivity index (χ1v) is 12.1. The maximum absolute atomic E-state index is 13.7. The highest BCUT2D eigenvalue weighted by Gasteiger charge is 2.21. The van der Waals surface area contributed by atoms with Crippen LogP contribution in [0.25, 0.3) is 16.9 Å². The molecule has 0 N–H and O–H groups in total. The first-order chi connectivity index (χ1) is 17.8. The van der Waals surface area contributed by atoms with Gasteiger partial charge in [-0.3, -0.25) is 4.79 Å². The van der Waals surface area contributed by atoms with Gasteiger partial charge in [-0.2, -0.15) is 5.10 Å². The minimum atomic E-state index is -0.112. The molecular weight excluding hydrogens is 466 g/mol. The number of amides is 1. The lowest BCUT2D eigenvalue weighted by Gasteiger charge is -2.18. The van der Waals surface area contributed by atoms with Crippen LogP contribution in [0.1, 0.15) is 27.2 Å². The van der Waals surface area contributed by atoms with Crippen molar-refractivity contribution in [1.29, 1.82) is 0 Å². The monoisotopic (exact) mass is 499 g/mol. The average Bonchev–Trinajstić information content (AvgIpc) is 3.38. The molecule has 0 aliphatic heterocycles. The molecule has 1 amide bonds. The van der Waals surface area contributed by atoms with E-state index in [1.807, 2.05) is 61.6 Å². The molecule has 0 saturated carbocycles. The van der Waals surface area contributed by atoms with Crippen molar-refractivity contribution < 1.29 is 19.0 Å². The largest absolute Gasteiger partial charge is 0.497 e. The SMILES string of the molecule is COc1ccc(-n2nc(-c3ccc(C)c(C)c3)cc2C(=O)N(C)CCc2ccc(OC)c(OC)c2)cc1. The molecule has 7 heteroatoms. The van der Waals surface area contributed by atoms with E-state index in [1.54, 1.807) is 30.9 Å². The summed E-state index contributed by atoms with van der Waals surface area (Å²) >= 11 is 0. The minimum Gasteiger partial charge on any atom is -0.497 e. The van der Waals surface area contributed by atoms with E-state index in [1.165, 1.54) is 11.1 Å². The Labute approximate surface area is 218 Å². The second-order valence-corrected chi connectivity index (χ2v) is 8.99. The smallest absolute Gasteiger partial charge is 0.272 e. The summed E-state index contributed by atoms with van der Waals surface area (Å²) in [7, 11) is 6.67. The number of carbonyl (C=O) groups is 1. The highest BCUT2D eigenvalue weighted by Crippen LogP contribution is 2.28. The number of aromatic nitrogens is 2. The number of likely N-dealkylation sites (N-methyl/N-ethyl adjacent to an activating group) is 1. The second kappa shape index (κ2) is 11.2. The Kier molecular flexibility index (Phi) is 7.82. The molecule has 7 nitrogen and oxygen atoms in total. The number of methoxy groups -OCH3 is 3. The number of hydrogen-bond acceptors (Lipinski definition) is 5. The van der Waals surface area contributed by atoms with Gasteiger partial charge in [-0.05, 0) is 85.5 Å². The van der Waals surface area contributed by atoms with Crippen molar-refractivity contribution in [3.8, 4) is 34.2 Å². The fourth-order valence-corrected chi connectivity index (χ4v) is 4.13. The normalized spacial score (nSPS) is 10.8. The zero-order valence-corrected chi connectivity index (χ0v) is 22.2. The Morgan fingerprint density at radius 2 is 1.57 bits per heavy atom. The van der Waals surface area contributed by atoms with Crippen LogP contribution >= 0.6 is 0 Å². The van der Waals surface area contributed by atoms with Gasteiger partial charge in [0.25, 0.3) is 5.91 Å². The predicted octanol–water partition coefficient (Wildman–Crippen LogP) is 5.50. The minimum absolute atomic E-state index is 0.112. The van der Waals surface area contributed by atoms with Gasteiger partial charge in [0.15, 0.2) is 11.5 Å². The Morgan fingerprint density at radius 3 is 2.22 bits per heavy atom. The summed E-state index contributed by atoms with van der Waals surface area (Å²) in [6.07, 6.45) is 0.670. The van der Waals surface area contributed by atoms with Crippen LogP contribution in [0.15, 0.2) is 66.7 Å². The fraction of sp³-hybridized carbons (Fsp3) is 0.267. The summed E-state index contributed by atoms with van der Waals surface area (Å²) in [5, 5.41) is 4.84. The molecule has 0 fully saturated rings. The third-order valence-electron chi connectivity index (χ3n) is 6.58. The van der Waals surface area contributed by atoms with Gasteiger partial charge in [-0.1, -0.05) is 18.2 Å². The van der Waals surface area contributed by atoms with Crippen LogP contribution in [-0.2, 0) is 6.42 Å². The number of hydrogen-bond donors (Lipinski definition) is 0. The average molecular weight is 500 g/mol. The van der Waals surface area contributed by atoms with E-state index in [4.69, 9.17) is 19.3 Å². The molecule has 0 spiro atoms. The van der Waals surface area contributed by atoms with E-state index in [-0.39, 0.29) is 5.91 Å². The molecule has 0 aliphatic carbocycles. The lowest BCUT2D eigenvalue weighted by atomic mass is 10.0. The lowest BCUT2D eigenvalue weighted by Crippen LogP contribution is -2.30. The van der Waals surface area contributed by atoms with Gasteiger partial charge >= 0.3 is 0 Å². The molecule has 1 heterocycles. The lowest BCUT2D eigenvalue weighted by molar-refractivity contribution is 0.0787. The molecule has 1 aromatic heterocycles. The highest BCUT2D eigenvalue weighted by atomic mass is 16.5. The Bertz CT molecular complexity index is 1390. The molecular formula is C30H33N3O4. The maximum atomic E-state index is 13.7. The topological polar surface area (TPSA) is 65.8 Å². The second-order valence-electron chi connectivity index (χ2n) is 8.99. The van der Waals surface area contributed by atoms with E-state index >= 15 is 0 Å².